The van der Waals surface area contributed by atoms with Gasteiger partial charge in [0.15, 0.2) is 0 Å². The van der Waals surface area contributed by atoms with Gasteiger partial charge in [0.1, 0.15) is 6.61 Å². The van der Waals surface area contributed by atoms with Crippen LogP contribution in [-0.4, -0.2) is 42.3 Å². The Morgan fingerprint density at radius 2 is 1.86 bits per heavy atom. The van der Waals surface area contributed by atoms with E-state index in [1.165, 1.54) is 0 Å². The quantitative estimate of drug-likeness (QED) is 0.614. The van der Waals surface area contributed by atoms with E-state index < -0.39 is 17.9 Å². The van der Waals surface area contributed by atoms with Crippen LogP contribution in [0, 0.1) is 5.92 Å². The van der Waals surface area contributed by atoms with E-state index in [0.29, 0.717) is 32.2 Å². The van der Waals surface area contributed by atoms with Gasteiger partial charge in [-0.1, -0.05) is 13.3 Å². The molecule has 0 aromatic rings. The SMILES string of the molecule is CCCCNC(=O)NC(=O)COC1CCC(C(=O)O)CC1. The van der Waals surface area contributed by atoms with Gasteiger partial charge in [0, 0.05) is 6.54 Å². The largest absolute Gasteiger partial charge is 0.481 e. The Hall–Kier alpha value is -1.63. The van der Waals surface area contributed by atoms with Crippen molar-refractivity contribution in [3.63, 3.8) is 0 Å². The number of carbonyl (C=O) groups is 3. The number of rotatable bonds is 7. The van der Waals surface area contributed by atoms with Crippen LogP contribution in [0.3, 0.4) is 0 Å². The highest BCUT2D eigenvalue weighted by Gasteiger charge is 2.26. The van der Waals surface area contributed by atoms with E-state index in [1.807, 2.05) is 6.92 Å². The van der Waals surface area contributed by atoms with Crippen molar-refractivity contribution in [2.24, 2.45) is 5.92 Å². The van der Waals surface area contributed by atoms with Crippen molar-refractivity contribution in [3.8, 4) is 0 Å². The molecule has 0 aliphatic heterocycles. The van der Waals surface area contributed by atoms with Crippen LogP contribution < -0.4 is 10.6 Å². The Morgan fingerprint density at radius 3 is 2.43 bits per heavy atom. The van der Waals surface area contributed by atoms with Gasteiger partial charge in [-0.05, 0) is 32.1 Å². The summed E-state index contributed by atoms with van der Waals surface area (Å²) in [6.45, 7) is 2.37. The molecule has 0 aromatic carbocycles. The number of hydrogen-bond donors (Lipinski definition) is 3. The Labute approximate surface area is 124 Å². The van der Waals surface area contributed by atoms with Crippen LogP contribution in [-0.2, 0) is 14.3 Å². The fourth-order valence-corrected chi connectivity index (χ4v) is 2.26. The predicted molar refractivity (Wildman–Crippen MR) is 75.8 cm³/mol. The highest BCUT2D eigenvalue weighted by Crippen LogP contribution is 2.26. The van der Waals surface area contributed by atoms with E-state index in [0.717, 1.165) is 12.8 Å². The lowest BCUT2D eigenvalue weighted by atomic mass is 9.87. The lowest BCUT2D eigenvalue weighted by Crippen LogP contribution is -2.42. The fourth-order valence-electron chi connectivity index (χ4n) is 2.26. The van der Waals surface area contributed by atoms with Crippen LogP contribution in [0.15, 0.2) is 0 Å². The average molecular weight is 300 g/mol. The number of amides is 3. The summed E-state index contributed by atoms with van der Waals surface area (Å²) in [5.41, 5.74) is 0. The van der Waals surface area contributed by atoms with Crippen molar-refractivity contribution in [1.29, 1.82) is 0 Å². The van der Waals surface area contributed by atoms with Gasteiger partial charge in [-0.25, -0.2) is 4.79 Å². The number of imide groups is 1. The summed E-state index contributed by atoms with van der Waals surface area (Å²) in [5.74, 6) is -1.55. The van der Waals surface area contributed by atoms with Crippen molar-refractivity contribution in [2.45, 2.75) is 51.6 Å². The topological polar surface area (TPSA) is 105 Å². The van der Waals surface area contributed by atoms with Gasteiger partial charge in [-0.15, -0.1) is 0 Å². The molecule has 0 aromatic heterocycles. The summed E-state index contributed by atoms with van der Waals surface area (Å²) in [5, 5.41) is 13.7. The van der Waals surface area contributed by atoms with Crippen molar-refractivity contribution in [1.82, 2.24) is 10.6 Å². The molecule has 1 aliphatic carbocycles. The third-order valence-electron chi connectivity index (χ3n) is 3.54. The van der Waals surface area contributed by atoms with Crippen molar-refractivity contribution in [3.05, 3.63) is 0 Å². The van der Waals surface area contributed by atoms with Crippen molar-refractivity contribution in [2.75, 3.05) is 13.2 Å². The smallest absolute Gasteiger partial charge is 0.321 e. The first-order valence-electron chi connectivity index (χ1n) is 7.45. The molecule has 1 rings (SSSR count). The molecule has 120 valence electrons. The number of carbonyl (C=O) groups excluding carboxylic acids is 2. The third kappa shape index (κ3) is 7.08. The molecule has 1 fully saturated rings. The molecule has 7 heteroatoms. The third-order valence-corrected chi connectivity index (χ3v) is 3.54. The highest BCUT2D eigenvalue weighted by atomic mass is 16.5. The number of aliphatic carboxylic acids is 1. The minimum Gasteiger partial charge on any atom is -0.481 e. The molecule has 3 amide bonds. The Bertz CT molecular complexity index is 364. The van der Waals surface area contributed by atoms with Gasteiger partial charge in [-0.2, -0.15) is 0 Å². The lowest BCUT2D eigenvalue weighted by Gasteiger charge is -2.25. The molecule has 3 N–H and O–H groups in total. The van der Waals surface area contributed by atoms with Gasteiger partial charge < -0.3 is 15.2 Å². The molecule has 1 saturated carbocycles. The van der Waals surface area contributed by atoms with Crippen LogP contribution in [0.5, 0.6) is 0 Å². The van der Waals surface area contributed by atoms with E-state index in [9.17, 15) is 14.4 Å². The summed E-state index contributed by atoms with van der Waals surface area (Å²) in [4.78, 5) is 33.7. The molecule has 21 heavy (non-hydrogen) atoms. The summed E-state index contributed by atoms with van der Waals surface area (Å²) >= 11 is 0. The number of carboxylic acids is 1. The maximum atomic E-state index is 11.5. The Morgan fingerprint density at radius 1 is 1.19 bits per heavy atom. The zero-order valence-corrected chi connectivity index (χ0v) is 12.4. The van der Waals surface area contributed by atoms with Crippen molar-refractivity contribution < 1.29 is 24.2 Å². The maximum absolute atomic E-state index is 11.5. The average Bonchev–Trinajstić information content (AvgIpc) is 2.46. The van der Waals surface area contributed by atoms with Crippen LogP contribution in [0.4, 0.5) is 4.79 Å². The maximum Gasteiger partial charge on any atom is 0.321 e. The first-order valence-corrected chi connectivity index (χ1v) is 7.45. The fraction of sp³-hybridized carbons (Fsp3) is 0.786. The summed E-state index contributed by atoms with van der Waals surface area (Å²) in [6, 6.07) is -0.508. The van der Waals surface area contributed by atoms with Gasteiger partial charge >= 0.3 is 12.0 Å². The van der Waals surface area contributed by atoms with Crippen LogP contribution in [0.1, 0.15) is 45.4 Å². The Balaban J connectivity index is 2.13. The number of nitrogens with one attached hydrogen (secondary N) is 2. The second-order valence-electron chi connectivity index (χ2n) is 5.28. The normalized spacial score (nSPS) is 21.6. The lowest BCUT2D eigenvalue weighted by molar-refractivity contribution is -0.144. The second kappa shape index (κ2) is 9.33. The number of unbranched alkanes of at least 4 members (excludes halogenated alkanes) is 1. The molecule has 7 nitrogen and oxygen atoms in total. The van der Waals surface area contributed by atoms with Gasteiger partial charge in [-0.3, -0.25) is 14.9 Å². The van der Waals surface area contributed by atoms with E-state index in [2.05, 4.69) is 10.6 Å². The van der Waals surface area contributed by atoms with Crippen LogP contribution in [0.2, 0.25) is 0 Å². The standard InChI is InChI=1S/C14H24N2O5/c1-2-3-8-15-14(20)16-12(17)9-21-11-6-4-10(5-7-11)13(18)19/h10-11H,2-9H2,1H3,(H,18,19)(H2,15,16,17,20). The first kappa shape index (κ1) is 17.4. The monoisotopic (exact) mass is 300 g/mol. The number of hydrogen-bond acceptors (Lipinski definition) is 4. The molecule has 0 atom stereocenters. The molecule has 0 saturated heterocycles. The van der Waals surface area contributed by atoms with Crippen molar-refractivity contribution >= 4 is 17.9 Å². The highest BCUT2D eigenvalue weighted by molar-refractivity contribution is 5.94. The molecular formula is C14H24N2O5. The van der Waals surface area contributed by atoms with E-state index >= 15 is 0 Å². The van der Waals surface area contributed by atoms with E-state index in [-0.39, 0.29) is 18.6 Å². The molecule has 1 aliphatic rings. The van der Waals surface area contributed by atoms with Gasteiger partial charge in [0.25, 0.3) is 5.91 Å². The molecule has 0 heterocycles. The van der Waals surface area contributed by atoms with Gasteiger partial charge in [0.05, 0.1) is 12.0 Å². The first-order chi connectivity index (χ1) is 10.0. The zero-order chi connectivity index (χ0) is 15.7. The summed E-state index contributed by atoms with van der Waals surface area (Å²) in [6.07, 6.45) is 4.13. The number of ether oxygens (including phenoxy) is 1. The van der Waals surface area contributed by atoms with Crippen LogP contribution >= 0.6 is 0 Å². The second-order valence-corrected chi connectivity index (χ2v) is 5.28. The molecular weight excluding hydrogens is 276 g/mol. The molecule has 0 radical (unpaired) electrons. The van der Waals surface area contributed by atoms with E-state index in [4.69, 9.17) is 9.84 Å². The number of urea groups is 1. The minimum atomic E-state index is -0.769. The minimum absolute atomic E-state index is 0.102. The molecule has 0 bridgehead atoms. The predicted octanol–water partition coefficient (Wildman–Crippen LogP) is 1.27. The summed E-state index contributed by atoms with van der Waals surface area (Å²) < 4.78 is 5.41. The molecule has 0 spiro atoms. The van der Waals surface area contributed by atoms with Crippen LogP contribution in [0.25, 0.3) is 0 Å². The molecule has 0 unspecified atom stereocenters. The summed E-state index contributed by atoms with van der Waals surface area (Å²) in [7, 11) is 0. The number of carboxylic acid groups (broad SMARTS) is 1. The zero-order valence-electron chi connectivity index (χ0n) is 12.4. The van der Waals surface area contributed by atoms with E-state index in [1.54, 1.807) is 0 Å². The Kier molecular flexibility index (Phi) is 7.74. The van der Waals surface area contributed by atoms with Gasteiger partial charge in [0.2, 0.25) is 0 Å².